The smallest absolute Gasteiger partial charge is 0.338 e. The summed E-state index contributed by atoms with van der Waals surface area (Å²) < 4.78 is 101. The Bertz CT molecular complexity index is 1450. The largest absolute Gasteiger partial charge is 0.451 e. The number of hydrogen-bond donors (Lipinski definition) is 0. The fourth-order valence-electron chi connectivity index (χ4n) is 5.48. The van der Waals surface area contributed by atoms with Crippen molar-refractivity contribution in [3.05, 3.63) is 71.2 Å². The Hall–Kier alpha value is -3.46. The van der Waals surface area contributed by atoms with E-state index in [1.54, 1.807) is 13.8 Å². The highest BCUT2D eigenvalue weighted by Gasteiger charge is 2.62. The van der Waals surface area contributed by atoms with Crippen molar-refractivity contribution >= 4 is 5.97 Å². The van der Waals surface area contributed by atoms with Gasteiger partial charge < -0.3 is 23.7 Å². The van der Waals surface area contributed by atoms with Crippen LogP contribution in [0, 0.1) is 29.1 Å². The van der Waals surface area contributed by atoms with Crippen molar-refractivity contribution in [2.75, 3.05) is 13.2 Å². The first-order chi connectivity index (χ1) is 19.4. The molecule has 3 aliphatic heterocycles. The van der Waals surface area contributed by atoms with Crippen LogP contribution in [0.1, 0.15) is 43.1 Å². The number of carbonyl (C=O) groups excluding carboxylic acids is 1. The lowest BCUT2D eigenvalue weighted by atomic mass is 9.87. The van der Waals surface area contributed by atoms with Gasteiger partial charge in [-0.15, -0.1) is 5.10 Å². The zero-order chi connectivity index (χ0) is 29.1. The topological polar surface area (TPSA) is 93.9 Å². The van der Waals surface area contributed by atoms with E-state index in [-0.39, 0.29) is 36.5 Å². The molecule has 41 heavy (non-hydrogen) atoms. The van der Waals surface area contributed by atoms with Crippen LogP contribution in [0.2, 0.25) is 0 Å². The van der Waals surface area contributed by atoms with E-state index in [1.807, 2.05) is 0 Å². The minimum Gasteiger partial charge on any atom is -0.451 e. The van der Waals surface area contributed by atoms with Gasteiger partial charge in [0.1, 0.15) is 35.6 Å². The highest BCUT2D eigenvalue weighted by atomic mass is 19.2. The maximum Gasteiger partial charge on any atom is 0.338 e. The van der Waals surface area contributed by atoms with E-state index in [0.717, 1.165) is 24.3 Å². The lowest BCUT2D eigenvalue weighted by Gasteiger charge is -2.53. The number of rotatable bonds is 4. The fraction of sp³-hybridized carbons (Fsp3) is 0.444. The third-order valence-electron chi connectivity index (χ3n) is 7.26. The van der Waals surface area contributed by atoms with Gasteiger partial charge in [0.05, 0.1) is 25.0 Å². The molecule has 0 amide bonds. The van der Waals surface area contributed by atoms with Crippen LogP contribution in [0.25, 0.3) is 11.3 Å². The summed E-state index contributed by atoms with van der Waals surface area (Å²) in [6.45, 7) is 3.68. The predicted octanol–water partition coefficient (Wildman–Crippen LogP) is 4.46. The van der Waals surface area contributed by atoms with Gasteiger partial charge in [-0.25, -0.2) is 31.4 Å². The fourth-order valence-corrected chi connectivity index (χ4v) is 5.48. The molecule has 0 aliphatic carbocycles. The Morgan fingerprint density at radius 2 is 1.71 bits per heavy atom. The summed E-state index contributed by atoms with van der Waals surface area (Å²) in [5, 5.41) is 8.14. The normalized spacial score (nSPS) is 29.0. The van der Waals surface area contributed by atoms with Crippen LogP contribution in [-0.4, -0.2) is 64.1 Å². The summed E-state index contributed by atoms with van der Waals surface area (Å²) >= 11 is 0. The van der Waals surface area contributed by atoms with Crippen LogP contribution < -0.4 is 0 Å². The van der Waals surface area contributed by atoms with Crippen LogP contribution in [0.3, 0.4) is 0 Å². The molecule has 5 atom stereocenters. The number of fused-ring (bicyclic) bond motifs is 1. The first kappa shape index (κ1) is 27.7. The number of esters is 1. The first-order valence-electron chi connectivity index (χ1n) is 12.8. The second-order valence-electron chi connectivity index (χ2n) is 10.5. The quantitative estimate of drug-likeness (QED) is 0.253. The summed E-state index contributed by atoms with van der Waals surface area (Å²) in [5.41, 5.74) is -0.503. The van der Waals surface area contributed by atoms with Gasteiger partial charge in [-0.3, -0.25) is 0 Å². The summed E-state index contributed by atoms with van der Waals surface area (Å²) in [4.78, 5) is 13.3. The molecule has 9 nitrogen and oxygen atoms in total. The molecule has 0 saturated carbocycles. The van der Waals surface area contributed by atoms with E-state index in [0.29, 0.717) is 12.5 Å². The molecular formula is C27H24F5N3O6. The summed E-state index contributed by atoms with van der Waals surface area (Å²) in [7, 11) is 0. The summed E-state index contributed by atoms with van der Waals surface area (Å²) in [6.07, 6.45) is -0.766. The minimum absolute atomic E-state index is 0.0178. The van der Waals surface area contributed by atoms with Gasteiger partial charge in [0.2, 0.25) is 5.79 Å². The van der Waals surface area contributed by atoms with Gasteiger partial charge in [0.15, 0.2) is 29.3 Å². The third-order valence-corrected chi connectivity index (χ3v) is 7.26. The van der Waals surface area contributed by atoms with E-state index in [2.05, 4.69) is 10.3 Å². The number of carbonyl (C=O) groups is 1. The molecule has 2 aromatic carbocycles. The molecule has 14 heteroatoms. The van der Waals surface area contributed by atoms with E-state index in [1.165, 1.54) is 10.9 Å². The monoisotopic (exact) mass is 581 g/mol. The van der Waals surface area contributed by atoms with Crippen LogP contribution in [0.4, 0.5) is 22.0 Å². The Balaban J connectivity index is 1.44. The molecule has 3 aromatic rings. The van der Waals surface area contributed by atoms with Crippen LogP contribution in [0.15, 0.2) is 36.5 Å². The summed E-state index contributed by atoms with van der Waals surface area (Å²) in [6, 6.07) is 2.79. The van der Waals surface area contributed by atoms with Gasteiger partial charge >= 0.3 is 5.97 Å². The van der Waals surface area contributed by atoms with E-state index in [9.17, 15) is 26.7 Å². The van der Waals surface area contributed by atoms with Crippen molar-refractivity contribution in [1.29, 1.82) is 0 Å². The first-order valence-corrected chi connectivity index (χ1v) is 12.8. The molecule has 3 saturated heterocycles. The Labute approximate surface area is 230 Å². The molecule has 1 spiro atoms. The van der Waals surface area contributed by atoms with Gasteiger partial charge in [-0.05, 0) is 44.5 Å². The van der Waals surface area contributed by atoms with Crippen molar-refractivity contribution in [2.45, 2.75) is 62.6 Å². The molecule has 6 rings (SSSR count). The molecule has 3 fully saturated rings. The number of halogens is 5. The summed E-state index contributed by atoms with van der Waals surface area (Å²) in [5.74, 6) is -10.1. The standard InChI is InChI=1S/C27H24F5N3O6/c1-26(2)38-12-20-23(41-26)22(35-11-19(33-34-35)13-8-17(30)21(32)18(31)9-13)24(27(40-20)4-3-5-37-27)39-25(36)14-6-15(28)10-16(29)7-14/h6-11,20,22-24H,3-5,12H2,1-2H3/t20-,22+,23+,24-,27+/m1/s1. The van der Waals surface area contributed by atoms with Crippen LogP contribution in [0.5, 0.6) is 0 Å². The lowest BCUT2D eigenvalue weighted by molar-refractivity contribution is -0.398. The van der Waals surface area contributed by atoms with E-state index >= 15 is 0 Å². The van der Waals surface area contributed by atoms with Crippen molar-refractivity contribution in [2.24, 2.45) is 0 Å². The Morgan fingerprint density at radius 3 is 2.37 bits per heavy atom. The van der Waals surface area contributed by atoms with Crippen molar-refractivity contribution in [3.8, 4) is 11.3 Å². The maximum atomic E-state index is 14.0. The van der Waals surface area contributed by atoms with Crippen LogP contribution >= 0.6 is 0 Å². The zero-order valence-corrected chi connectivity index (χ0v) is 21.8. The molecule has 0 radical (unpaired) electrons. The van der Waals surface area contributed by atoms with Gasteiger partial charge in [0.25, 0.3) is 0 Å². The number of benzene rings is 2. The lowest BCUT2D eigenvalue weighted by Crippen LogP contribution is -2.67. The highest BCUT2D eigenvalue weighted by Crippen LogP contribution is 2.48. The van der Waals surface area contributed by atoms with Gasteiger partial charge in [-0.1, -0.05) is 5.21 Å². The predicted molar refractivity (Wildman–Crippen MR) is 128 cm³/mol. The van der Waals surface area contributed by atoms with Crippen LogP contribution in [-0.2, 0) is 23.7 Å². The second-order valence-corrected chi connectivity index (χ2v) is 10.5. The van der Waals surface area contributed by atoms with Crippen molar-refractivity contribution in [3.63, 3.8) is 0 Å². The molecular weight excluding hydrogens is 557 g/mol. The molecule has 4 heterocycles. The molecule has 218 valence electrons. The zero-order valence-electron chi connectivity index (χ0n) is 21.8. The third kappa shape index (κ3) is 5.09. The minimum atomic E-state index is -1.63. The number of ether oxygens (including phenoxy) is 5. The molecule has 3 aliphatic rings. The SMILES string of the molecule is CC1(C)OC[C@H]2O[C@@]3(CCCO3)[C@H](OC(=O)c3cc(F)cc(F)c3)[C@@H](n3cc(-c4cc(F)c(F)c(F)c4)nn3)[C@H]2O1. The number of nitrogens with zero attached hydrogens (tertiary/aromatic N) is 3. The average Bonchev–Trinajstić information content (AvgIpc) is 3.58. The Kier molecular flexibility index (Phi) is 6.83. The molecule has 0 bridgehead atoms. The Morgan fingerprint density at radius 1 is 1.00 bits per heavy atom. The van der Waals surface area contributed by atoms with E-state index in [4.69, 9.17) is 23.7 Å². The number of hydrogen-bond acceptors (Lipinski definition) is 8. The average molecular weight is 581 g/mol. The van der Waals surface area contributed by atoms with Crippen molar-refractivity contribution < 1.29 is 50.4 Å². The maximum absolute atomic E-state index is 14.0. The van der Waals surface area contributed by atoms with Crippen molar-refractivity contribution in [1.82, 2.24) is 15.0 Å². The highest BCUT2D eigenvalue weighted by molar-refractivity contribution is 5.89. The molecule has 0 unspecified atom stereocenters. The molecule has 1 aromatic heterocycles. The van der Waals surface area contributed by atoms with Gasteiger partial charge in [0, 0.05) is 18.1 Å². The number of aromatic nitrogens is 3. The van der Waals surface area contributed by atoms with Gasteiger partial charge in [-0.2, -0.15) is 0 Å². The van der Waals surface area contributed by atoms with E-state index < -0.39 is 71.0 Å². The second kappa shape index (κ2) is 10.1. The molecule has 0 N–H and O–H groups in total.